The number of carbonyl (C=O) groups excluding carboxylic acids is 1. The number of nitro benzene ring substituents is 1. The van der Waals surface area contributed by atoms with Gasteiger partial charge in [0.2, 0.25) is 5.75 Å². The van der Waals surface area contributed by atoms with Gasteiger partial charge in [-0.05, 0) is 51.5 Å². The molecule has 0 radical (unpaired) electrons. The number of nitrogens with one attached hydrogen (secondary N) is 1. The molecule has 13 heteroatoms. The molecule has 0 aliphatic rings. The van der Waals surface area contributed by atoms with Crippen molar-refractivity contribution in [2.45, 2.75) is 46.5 Å². The van der Waals surface area contributed by atoms with Gasteiger partial charge >= 0.3 is 11.8 Å². The molecule has 0 spiro atoms. The number of aromatic nitrogens is 4. The van der Waals surface area contributed by atoms with Gasteiger partial charge in [-0.15, -0.1) is 0 Å². The summed E-state index contributed by atoms with van der Waals surface area (Å²) in [6.45, 7) is 6.45. The van der Waals surface area contributed by atoms with Crippen molar-refractivity contribution in [1.29, 1.82) is 0 Å². The van der Waals surface area contributed by atoms with Crippen LogP contribution < -0.4 is 10.1 Å². The first kappa shape index (κ1) is 25.5. The number of amides is 1. The first-order valence-electron chi connectivity index (χ1n) is 10.4. The molecular formula is C22H25FN6O6. The van der Waals surface area contributed by atoms with Crippen LogP contribution in [0.2, 0.25) is 0 Å². The van der Waals surface area contributed by atoms with Gasteiger partial charge in [0.15, 0.2) is 0 Å². The van der Waals surface area contributed by atoms with Crippen LogP contribution in [0.15, 0.2) is 30.6 Å². The third kappa shape index (κ3) is 6.69. The quantitative estimate of drug-likeness (QED) is 0.366. The molecule has 2 aromatic heterocycles. The SMILES string of the molecule is COc1c(-n2cnc(C)n2)cc(COCc2nc(NC(=O)OC(C)(C)C)ccc2F)cc1[N+](=O)[O-]. The van der Waals surface area contributed by atoms with Crippen LogP contribution in [-0.2, 0) is 22.7 Å². The molecule has 0 bridgehead atoms. The zero-order valence-electron chi connectivity index (χ0n) is 19.9. The second-order valence-corrected chi connectivity index (χ2v) is 8.41. The zero-order valence-corrected chi connectivity index (χ0v) is 19.9. The molecule has 0 saturated carbocycles. The lowest BCUT2D eigenvalue weighted by molar-refractivity contribution is -0.385. The van der Waals surface area contributed by atoms with Crippen LogP contribution in [0, 0.1) is 22.9 Å². The first-order valence-corrected chi connectivity index (χ1v) is 10.4. The van der Waals surface area contributed by atoms with Gasteiger partial charge in [0.25, 0.3) is 0 Å². The average Bonchev–Trinajstić information content (AvgIpc) is 3.20. The Morgan fingerprint density at radius 1 is 1.26 bits per heavy atom. The number of benzene rings is 1. The van der Waals surface area contributed by atoms with Crippen LogP contribution in [0.25, 0.3) is 5.69 Å². The number of pyridine rings is 1. The number of hydrogen-bond acceptors (Lipinski definition) is 9. The van der Waals surface area contributed by atoms with Crippen molar-refractivity contribution in [2.75, 3.05) is 12.4 Å². The van der Waals surface area contributed by atoms with E-state index in [-0.39, 0.29) is 36.2 Å². The molecule has 186 valence electrons. The van der Waals surface area contributed by atoms with Gasteiger partial charge in [0.05, 0.1) is 25.2 Å². The van der Waals surface area contributed by atoms with Gasteiger partial charge in [-0.1, -0.05) is 0 Å². The molecule has 1 amide bonds. The normalized spacial score (nSPS) is 11.3. The highest BCUT2D eigenvalue weighted by atomic mass is 19.1. The summed E-state index contributed by atoms with van der Waals surface area (Å²) in [5.74, 6) is -0.0718. The van der Waals surface area contributed by atoms with Gasteiger partial charge < -0.3 is 14.2 Å². The monoisotopic (exact) mass is 488 g/mol. The summed E-state index contributed by atoms with van der Waals surface area (Å²) in [5, 5.41) is 18.2. The number of aryl methyl sites for hydroxylation is 1. The van der Waals surface area contributed by atoms with E-state index in [2.05, 4.69) is 20.4 Å². The van der Waals surface area contributed by atoms with E-state index in [4.69, 9.17) is 14.2 Å². The largest absolute Gasteiger partial charge is 0.489 e. The Morgan fingerprint density at radius 3 is 2.60 bits per heavy atom. The first-order chi connectivity index (χ1) is 16.5. The Balaban J connectivity index is 1.77. The number of carbonyl (C=O) groups is 1. The summed E-state index contributed by atoms with van der Waals surface area (Å²) in [4.78, 5) is 31.1. The molecule has 1 N–H and O–H groups in total. The van der Waals surface area contributed by atoms with Crippen molar-refractivity contribution in [3.8, 4) is 11.4 Å². The Labute approximate surface area is 200 Å². The number of ether oxygens (including phenoxy) is 3. The molecule has 0 fully saturated rings. The minimum Gasteiger partial charge on any atom is -0.489 e. The lowest BCUT2D eigenvalue weighted by Gasteiger charge is -2.19. The predicted octanol–water partition coefficient (Wildman–Crippen LogP) is 4.09. The maximum atomic E-state index is 14.2. The van der Waals surface area contributed by atoms with Crippen LogP contribution in [0.3, 0.4) is 0 Å². The fourth-order valence-electron chi connectivity index (χ4n) is 3.04. The molecular weight excluding hydrogens is 463 g/mol. The van der Waals surface area contributed by atoms with E-state index in [1.165, 1.54) is 30.3 Å². The number of methoxy groups -OCH3 is 1. The molecule has 35 heavy (non-hydrogen) atoms. The summed E-state index contributed by atoms with van der Waals surface area (Å²) < 4.78 is 31.6. The van der Waals surface area contributed by atoms with E-state index in [9.17, 15) is 19.3 Å². The number of anilines is 1. The third-order valence-corrected chi connectivity index (χ3v) is 4.42. The van der Waals surface area contributed by atoms with Crippen molar-refractivity contribution in [3.05, 3.63) is 63.6 Å². The number of hydrogen-bond donors (Lipinski definition) is 1. The van der Waals surface area contributed by atoms with Crippen LogP contribution in [0.4, 0.5) is 20.7 Å². The molecule has 1 aromatic carbocycles. The number of nitro groups is 1. The maximum absolute atomic E-state index is 14.2. The smallest absolute Gasteiger partial charge is 0.413 e. The van der Waals surface area contributed by atoms with Gasteiger partial charge in [-0.3, -0.25) is 15.4 Å². The van der Waals surface area contributed by atoms with E-state index in [0.29, 0.717) is 17.1 Å². The summed E-state index contributed by atoms with van der Waals surface area (Å²) in [6.07, 6.45) is 0.675. The van der Waals surface area contributed by atoms with E-state index in [1.807, 2.05) is 0 Å². The summed E-state index contributed by atoms with van der Waals surface area (Å²) in [5.41, 5.74) is -0.336. The highest BCUT2D eigenvalue weighted by Gasteiger charge is 2.23. The second-order valence-electron chi connectivity index (χ2n) is 8.41. The molecule has 0 unspecified atom stereocenters. The van der Waals surface area contributed by atoms with Gasteiger partial charge in [-0.25, -0.2) is 23.8 Å². The fraction of sp³-hybridized carbons (Fsp3) is 0.364. The van der Waals surface area contributed by atoms with Crippen molar-refractivity contribution in [1.82, 2.24) is 19.7 Å². The van der Waals surface area contributed by atoms with E-state index in [1.54, 1.807) is 33.8 Å². The predicted molar refractivity (Wildman–Crippen MR) is 122 cm³/mol. The van der Waals surface area contributed by atoms with E-state index >= 15 is 0 Å². The Morgan fingerprint density at radius 2 is 2.00 bits per heavy atom. The topological polar surface area (TPSA) is 144 Å². The fourth-order valence-corrected chi connectivity index (χ4v) is 3.04. The molecule has 3 rings (SSSR count). The Bertz CT molecular complexity index is 1240. The molecule has 0 saturated heterocycles. The highest BCUT2D eigenvalue weighted by Crippen LogP contribution is 2.35. The second kappa shape index (κ2) is 10.4. The number of halogens is 1. The Kier molecular flexibility index (Phi) is 7.59. The number of nitrogens with zero attached hydrogens (tertiary/aromatic N) is 5. The number of rotatable bonds is 8. The molecule has 3 aromatic rings. The third-order valence-electron chi connectivity index (χ3n) is 4.42. The average molecular weight is 488 g/mol. The molecule has 2 heterocycles. The molecule has 0 aliphatic carbocycles. The van der Waals surface area contributed by atoms with E-state index < -0.39 is 22.4 Å². The van der Waals surface area contributed by atoms with Gasteiger partial charge in [0.1, 0.15) is 40.8 Å². The minimum absolute atomic E-state index is 0.0114. The summed E-state index contributed by atoms with van der Waals surface area (Å²) in [7, 11) is 1.32. The lowest BCUT2D eigenvalue weighted by Crippen LogP contribution is -2.27. The molecule has 12 nitrogen and oxygen atoms in total. The van der Waals surface area contributed by atoms with Crippen molar-refractivity contribution >= 4 is 17.6 Å². The van der Waals surface area contributed by atoms with Gasteiger partial charge in [0, 0.05) is 6.07 Å². The van der Waals surface area contributed by atoms with E-state index in [0.717, 1.165) is 6.07 Å². The Hall–Kier alpha value is -4.13. The molecule has 0 aliphatic heterocycles. The van der Waals surface area contributed by atoms with Crippen molar-refractivity contribution < 1.29 is 28.3 Å². The summed E-state index contributed by atoms with van der Waals surface area (Å²) >= 11 is 0. The maximum Gasteiger partial charge on any atom is 0.413 e. The van der Waals surface area contributed by atoms with Crippen LogP contribution in [0.1, 0.15) is 37.9 Å². The van der Waals surface area contributed by atoms with Crippen molar-refractivity contribution in [3.63, 3.8) is 0 Å². The van der Waals surface area contributed by atoms with Crippen LogP contribution in [0.5, 0.6) is 5.75 Å². The standard InChI is InChI=1S/C22H25FN6O6/c1-13-24-12-28(27-13)17-8-14(9-18(29(31)32)20(17)33-5)10-34-11-16-15(23)6-7-19(25-16)26-21(30)35-22(2,3)4/h6-9,12H,10-11H2,1-5H3,(H,25,26,30). The van der Waals surface area contributed by atoms with Crippen LogP contribution in [-0.4, -0.2) is 43.5 Å². The zero-order chi connectivity index (χ0) is 25.8. The lowest BCUT2D eigenvalue weighted by atomic mass is 10.1. The highest BCUT2D eigenvalue weighted by molar-refractivity contribution is 5.83. The summed E-state index contributed by atoms with van der Waals surface area (Å²) in [6, 6.07) is 5.34. The van der Waals surface area contributed by atoms with Crippen molar-refractivity contribution in [2.24, 2.45) is 0 Å². The molecule has 0 atom stereocenters. The van der Waals surface area contributed by atoms with Gasteiger partial charge in [-0.2, -0.15) is 5.10 Å². The minimum atomic E-state index is -0.732. The van der Waals surface area contributed by atoms with Crippen LogP contribution >= 0.6 is 0 Å².